The first-order chi connectivity index (χ1) is 8.71. The maximum atomic E-state index is 12.0. The fourth-order valence-electron chi connectivity index (χ4n) is 1.39. The molecule has 0 radical (unpaired) electrons. The maximum Gasteiger partial charge on any atom is 0.339 e. The highest BCUT2D eigenvalue weighted by atomic mass is 32.2. The van der Waals surface area contributed by atoms with Gasteiger partial charge in [-0.3, -0.25) is 4.79 Å². The summed E-state index contributed by atoms with van der Waals surface area (Å²) in [5.74, 6) is -2.31. The lowest BCUT2D eigenvalue weighted by Crippen LogP contribution is -2.33. The van der Waals surface area contributed by atoms with Crippen molar-refractivity contribution in [3.63, 3.8) is 0 Å². The summed E-state index contributed by atoms with van der Waals surface area (Å²) < 4.78 is 28.8. The molecular weight excluding hydrogens is 274 g/mol. The molecule has 0 aliphatic heterocycles. The number of rotatable bonds is 5. The van der Waals surface area contributed by atoms with Crippen molar-refractivity contribution in [1.82, 2.24) is 0 Å². The quantitative estimate of drug-likeness (QED) is 0.788. The second-order valence-corrected chi connectivity index (χ2v) is 6.03. The number of carboxylic acids is 1. The van der Waals surface area contributed by atoms with E-state index in [0.717, 1.165) is 13.0 Å². The van der Waals surface area contributed by atoms with Gasteiger partial charge < -0.3 is 15.6 Å². The Balaban J connectivity index is 3.42. The van der Waals surface area contributed by atoms with Gasteiger partial charge in [0.2, 0.25) is 5.91 Å². The summed E-state index contributed by atoms with van der Waals surface area (Å²) >= 11 is 0. The van der Waals surface area contributed by atoms with Crippen molar-refractivity contribution in [3.05, 3.63) is 23.8 Å². The van der Waals surface area contributed by atoms with E-state index in [2.05, 4.69) is 0 Å². The summed E-state index contributed by atoms with van der Waals surface area (Å²) in [5.41, 5.74) is 4.65. The zero-order valence-corrected chi connectivity index (χ0v) is 11.1. The van der Waals surface area contributed by atoms with Gasteiger partial charge in [0, 0.05) is 0 Å². The van der Waals surface area contributed by atoms with E-state index in [-0.39, 0.29) is 16.2 Å². The van der Waals surface area contributed by atoms with E-state index < -0.39 is 27.0 Å². The molecule has 0 saturated heterocycles. The Kier molecular flexibility index (Phi) is 4.15. The summed E-state index contributed by atoms with van der Waals surface area (Å²) in [5, 5.41) is 7.53. The molecule has 104 valence electrons. The monoisotopic (exact) mass is 287 g/mol. The maximum absolute atomic E-state index is 12.0. The smallest absolute Gasteiger partial charge is 0.339 e. The van der Waals surface area contributed by atoms with Crippen LogP contribution in [0.25, 0.3) is 0 Å². The first kappa shape index (κ1) is 15.0. The molecule has 1 rings (SSSR count). The van der Waals surface area contributed by atoms with Gasteiger partial charge in [0.15, 0.2) is 9.84 Å². The van der Waals surface area contributed by atoms with Crippen LogP contribution in [0.3, 0.4) is 0 Å². The number of hydrogen-bond donors (Lipinski definition) is 2. The molecule has 0 aromatic heterocycles. The van der Waals surface area contributed by atoms with Crippen molar-refractivity contribution in [2.24, 2.45) is 5.73 Å². The number of aromatic carboxylic acids is 1. The summed E-state index contributed by atoms with van der Waals surface area (Å²) in [6, 6.07) is 3.32. The van der Waals surface area contributed by atoms with Gasteiger partial charge in [-0.15, -0.1) is 0 Å². The Hall–Kier alpha value is -2.09. The molecule has 0 aliphatic carbocycles. The third kappa shape index (κ3) is 2.84. The number of ether oxygens (including phenoxy) is 1. The normalized spacial score (nSPS) is 12.7. The van der Waals surface area contributed by atoms with Gasteiger partial charge in [-0.05, 0) is 25.1 Å². The van der Waals surface area contributed by atoms with E-state index >= 15 is 0 Å². The Morgan fingerprint density at radius 2 is 1.95 bits per heavy atom. The van der Waals surface area contributed by atoms with Crippen LogP contribution < -0.4 is 10.5 Å². The Morgan fingerprint density at radius 1 is 1.37 bits per heavy atom. The Labute approximate surface area is 109 Å². The third-order valence-electron chi connectivity index (χ3n) is 2.60. The van der Waals surface area contributed by atoms with Crippen molar-refractivity contribution in [3.8, 4) is 5.75 Å². The highest BCUT2D eigenvalue weighted by molar-refractivity contribution is 7.92. The number of sulfone groups is 1. The van der Waals surface area contributed by atoms with Gasteiger partial charge >= 0.3 is 5.97 Å². The first-order valence-corrected chi connectivity index (χ1v) is 6.71. The third-order valence-corrected chi connectivity index (χ3v) is 4.67. The lowest BCUT2D eigenvalue weighted by atomic mass is 10.2. The van der Waals surface area contributed by atoms with Gasteiger partial charge in [-0.1, -0.05) is 0 Å². The van der Waals surface area contributed by atoms with Crippen LogP contribution in [0.15, 0.2) is 23.1 Å². The topological polar surface area (TPSA) is 124 Å². The van der Waals surface area contributed by atoms with Crippen molar-refractivity contribution >= 4 is 21.7 Å². The molecule has 7 nitrogen and oxygen atoms in total. The molecule has 1 aromatic rings. The minimum absolute atomic E-state index is 0.0261. The van der Waals surface area contributed by atoms with Crippen LogP contribution in [0.4, 0.5) is 0 Å². The van der Waals surface area contributed by atoms with E-state index in [4.69, 9.17) is 15.6 Å². The first-order valence-electron chi connectivity index (χ1n) is 5.16. The molecule has 0 aliphatic rings. The zero-order valence-electron chi connectivity index (χ0n) is 10.3. The second-order valence-electron chi connectivity index (χ2n) is 3.76. The van der Waals surface area contributed by atoms with Crippen LogP contribution in [0.5, 0.6) is 5.75 Å². The number of amides is 1. The molecule has 0 saturated carbocycles. The molecule has 0 spiro atoms. The molecule has 1 unspecified atom stereocenters. The van der Waals surface area contributed by atoms with Gasteiger partial charge in [0.1, 0.15) is 16.6 Å². The highest BCUT2D eigenvalue weighted by Gasteiger charge is 2.29. The second kappa shape index (κ2) is 5.27. The Bertz CT molecular complexity index is 622. The summed E-state index contributed by atoms with van der Waals surface area (Å²) in [4.78, 5) is 21.7. The predicted molar refractivity (Wildman–Crippen MR) is 65.8 cm³/mol. The fourth-order valence-corrected chi connectivity index (χ4v) is 2.64. The summed E-state index contributed by atoms with van der Waals surface area (Å²) in [6.07, 6.45) is 0. The van der Waals surface area contributed by atoms with E-state index in [1.165, 1.54) is 19.2 Å². The number of nitrogens with two attached hydrogens (primary N) is 1. The number of hydrogen-bond acceptors (Lipinski definition) is 5. The number of carbonyl (C=O) groups is 2. The Morgan fingerprint density at radius 3 is 2.37 bits per heavy atom. The largest absolute Gasteiger partial charge is 0.496 e. The summed E-state index contributed by atoms with van der Waals surface area (Å²) in [6.45, 7) is 1.14. The molecule has 1 amide bonds. The molecule has 1 atom stereocenters. The van der Waals surface area contributed by atoms with E-state index in [1.807, 2.05) is 0 Å². The van der Waals surface area contributed by atoms with Gasteiger partial charge in [0.25, 0.3) is 0 Å². The average molecular weight is 287 g/mol. The van der Waals surface area contributed by atoms with Crippen molar-refractivity contribution < 1.29 is 27.9 Å². The fraction of sp³-hybridized carbons (Fsp3) is 0.273. The van der Waals surface area contributed by atoms with Crippen LogP contribution in [0.2, 0.25) is 0 Å². The van der Waals surface area contributed by atoms with Crippen LogP contribution >= 0.6 is 0 Å². The van der Waals surface area contributed by atoms with Crippen LogP contribution in [-0.4, -0.2) is 37.8 Å². The minimum atomic E-state index is -4.01. The van der Waals surface area contributed by atoms with Crippen LogP contribution in [-0.2, 0) is 14.6 Å². The van der Waals surface area contributed by atoms with Gasteiger partial charge in [-0.2, -0.15) is 0 Å². The van der Waals surface area contributed by atoms with Crippen LogP contribution in [0.1, 0.15) is 17.3 Å². The number of primary amides is 1. The van der Waals surface area contributed by atoms with Crippen molar-refractivity contribution in [2.75, 3.05) is 7.11 Å². The summed E-state index contributed by atoms with van der Waals surface area (Å²) in [7, 11) is -2.75. The number of methoxy groups -OCH3 is 1. The predicted octanol–water partition coefficient (Wildman–Crippen LogP) is 0.0409. The van der Waals surface area contributed by atoms with E-state index in [1.54, 1.807) is 0 Å². The van der Waals surface area contributed by atoms with Gasteiger partial charge in [-0.25, -0.2) is 13.2 Å². The standard InChI is InChI=1S/C11H13NO6S/c1-6(10(12)13)19(16,17)7-3-4-9(18-2)8(5-7)11(14)15/h3-6H,1-2H3,(H2,12,13)(H,14,15). The molecule has 0 bridgehead atoms. The van der Waals surface area contributed by atoms with Crippen molar-refractivity contribution in [2.45, 2.75) is 17.1 Å². The zero-order chi connectivity index (χ0) is 14.8. The van der Waals surface area contributed by atoms with Gasteiger partial charge in [0.05, 0.1) is 12.0 Å². The molecule has 1 aromatic carbocycles. The molecule has 8 heteroatoms. The molecule has 0 fully saturated rings. The minimum Gasteiger partial charge on any atom is -0.496 e. The average Bonchev–Trinajstić information content (AvgIpc) is 2.36. The van der Waals surface area contributed by atoms with Crippen molar-refractivity contribution in [1.29, 1.82) is 0 Å². The van der Waals surface area contributed by atoms with E-state index in [9.17, 15) is 18.0 Å². The lowest BCUT2D eigenvalue weighted by molar-refractivity contribution is -0.117. The lowest BCUT2D eigenvalue weighted by Gasteiger charge is -2.11. The number of benzene rings is 1. The van der Waals surface area contributed by atoms with Crippen LogP contribution in [0, 0.1) is 0 Å². The highest BCUT2D eigenvalue weighted by Crippen LogP contribution is 2.24. The molecule has 19 heavy (non-hydrogen) atoms. The number of carbonyl (C=O) groups excluding carboxylic acids is 1. The molecule has 0 heterocycles. The van der Waals surface area contributed by atoms with E-state index in [0.29, 0.717) is 0 Å². The molecular formula is C11H13NO6S. The number of carboxylic acid groups (broad SMARTS) is 1. The molecule has 3 N–H and O–H groups in total. The SMILES string of the molecule is COc1ccc(S(=O)(=O)C(C)C(N)=O)cc1C(=O)O.